The highest BCUT2D eigenvalue weighted by molar-refractivity contribution is 5.81. The van der Waals surface area contributed by atoms with Gasteiger partial charge in [-0.3, -0.25) is 4.79 Å². The van der Waals surface area contributed by atoms with Gasteiger partial charge in [-0.2, -0.15) is 5.10 Å². The lowest BCUT2D eigenvalue weighted by molar-refractivity contribution is 0.0793. The van der Waals surface area contributed by atoms with Crippen molar-refractivity contribution < 1.29 is 4.79 Å². The van der Waals surface area contributed by atoms with Gasteiger partial charge in [0, 0.05) is 31.3 Å². The molecular formula is C12H15N5O. The van der Waals surface area contributed by atoms with Gasteiger partial charge in [0.25, 0.3) is 5.91 Å². The molecule has 2 N–H and O–H groups in total. The highest BCUT2D eigenvalue weighted by atomic mass is 16.2. The van der Waals surface area contributed by atoms with E-state index in [0.717, 1.165) is 18.8 Å². The molecule has 0 saturated carbocycles. The van der Waals surface area contributed by atoms with E-state index in [4.69, 9.17) is 5.73 Å². The fourth-order valence-corrected chi connectivity index (χ4v) is 2.34. The van der Waals surface area contributed by atoms with Gasteiger partial charge in [-0.15, -0.1) is 0 Å². The van der Waals surface area contributed by atoms with Gasteiger partial charge < -0.3 is 10.3 Å². The van der Waals surface area contributed by atoms with Crippen molar-refractivity contribution in [2.75, 3.05) is 5.73 Å². The first-order valence-corrected chi connectivity index (χ1v) is 6.01. The lowest BCUT2D eigenvalue weighted by atomic mass is 9.97. The van der Waals surface area contributed by atoms with Crippen molar-refractivity contribution in [1.29, 1.82) is 0 Å². The van der Waals surface area contributed by atoms with Crippen LogP contribution in [0.3, 0.4) is 0 Å². The van der Waals surface area contributed by atoms with E-state index in [1.165, 1.54) is 4.68 Å². The Balaban J connectivity index is 1.82. The van der Waals surface area contributed by atoms with Crippen molar-refractivity contribution in [2.24, 2.45) is 5.92 Å². The van der Waals surface area contributed by atoms with Crippen LogP contribution in [-0.4, -0.2) is 25.2 Å². The molecule has 0 amide bonds. The molecule has 1 atom stereocenters. The first-order valence-electron chi connectivity index (χ1n) is 6.01. The summed E-state index contributed by atoms with van der Waals surface area (Å²) in [6, 6.07) is 0. The molecule has 2 aromatic heterocycles. The molecule has 3 heterocycles. The Kier molecular flexibility index (Phi) is 2.43. The van der Waals surface area contributed by atoms with E-state index >= 15 is 0 Å². The predicted molar refractivity (Wildman–Crippen MR) is 66.0 cm³/mol. The number of carbonyl (C=O) groups excluding carboxylic acids is 1. The average Bonchev–Trinajstić information content (AvgIpc) is 2.95. The molecule has 0 radical (unpaired) electrons. The molecule has 3 rings (SSSR count). The molecule has 0 saturated heterocycles. The maximum atomic E-state index is 12.3. The molecule has 0 aromatic carbocycles. The SMILES string of the molecule is Cc1nn(C(=O)C2CCn3ccnc3C2)cc1N. The summed E-state index contributed by atoms with van der Waals surface area (Å²) in [7, 11) is 0. The minimum atomic E-state index is -0.0569. The normalized spacial score (nSPS) is 18.6. The largest absolute Gasteiger partial charge is 0.396 e. The Morgan fingerprint density at radius 1 is 1.56 bits per heavy atom. The van der Waals surface area contributed by atoms with Crippen LogP contribution in [0, 0.1) is 12.8 Å². The van der Waals surface area contributed by atoms with Gasteiger partial charge in [0.2, 0.25) is 0 Å². The molecule has 18 heavy (non-hydrogen) atoms. The van der Waals surface area contributed by atoms with Crippen LogP contribution in [-0.2, 0) is 13.0 Å². The number of aryl methyl sites for hydroxylation is 2. The molecule has 0 fully saturated rings. The van der Waals surface area contributed by atoms with E-state index in [-0.39, 0.29) is 11.8 Å². The van der Waals surface area contributed by atoms with E-state index in [1.807, 2.05) is 6.20 Å². The van der Waals surface area contributed by atoms with Gasteiger partial charge in [0.1, 0.15) is 5.82 Å². The summed E-state index contributed by atoms with van der Waals surface area (Å²) < 4.78 is 3.46. The fraction of sp³-hybridized carbons (Fsp3) is 0.417. The number of imidazole rings is 1. The van der Waals surface area contributed by atoms with Crippen LogP contribution in [0.2, 0.25) is 0 Å². The number of nitrogen functional groups attached to an aromatic ring is 1. The zero-order chi connectivity index (χ0) is 12.7. The molecule has 1 unspecified atom stereocenters. The van der Waals surface area contributed by atoms with Gasteiger partial charge in [-0.25, -0.2) is 9.67 Å². The number of hydrogen-bond acceptors (Lipinski definition) is 4. The molecule has 1 aliphatic heterocycles. The summed E-state index contributed by atoms with van der Waals surface area (Å²) >= 11 is 0. The van der Waals surface area contributed by atoms with Crippen molar-refractivity contribution in [3.63, 3.8) is 0 Å². The quantitative estimate of drug-likeness (QED) is 0.808. The average molecular weight is 245 g/mol. The van der Waals surface area contributed by atoms with Crippen LogP contribution in [0.25, 0.3) is 0 Å². The molecule has 1 aliphatic rings. The smallest absolute Gasteiger partial charge is 0.250 e. The first-order chi connectivity index (χ1) is 8.65. The summed E-state index contributed by atoms with van der Waals surface area (Å²) in [5, 5.41) is 4.14. The zero-order valence-electron chi connectivity index (χ0n) is 10.2. The number of carbonyl (C=O) groups is 1. The van der Waals surface area contributed by atoms with E-state index < -0.39 is 0 Å². The number of nitrogens with zero attached hydrogens (tertiary/aromatic N) is 4. The van der Waals surface area contributed by atoms with Gasteiger partial charge in [0.05, 0.1) is 17.6 Å². The molecule has 94 valence electrons. The Bertz CT molecular complexity index is 578. The third-order valence-electron chi connectivity index (χ3n) is 3.46. The van der Waals surface area contributed by atoms with Crippen molar-refractivity contribution in [2.45, 2.75) is 26.3 Å². The second-order valence-electron chi connectivity index (χ2n) is 4.68. The Hall–Kier alpha value is -2.11. The van der Waals surface area contributed by atoms with Crippen molar-refractivity contribution in [3.8, 4) is 0 Å². The third-order valence-corrected chi connectivity index (χ3v) is 3.46. The molecule has 0 spiro atoms. The second-order valence-corrected chi connectivity index (χ2v) is 4.68. The van der Waals surface area contributed by atoms with E-state index in [9.17, 15) is 4.79 Å². The van der Waals surface area contributed by atoms with Crippen LogP contribution < -0.4 is 5.73 Å². The minimum absolute atomic E-state index is 0.00375. The van der Waals surface area contributed by atoms with Gasteiger partial charge in [-0.1, -0.05) is 0 Å². The molecule has 0 bridgehead atoms. The maximum absolute atomic E-state index is 12.3. The highest BCUT2D eigenvalue weighted by Crippen LogP contribution is 2.21. The molecule has 0 aliphatic carbocycles. The number of hydrogen-bond donors (Lipinski definition) is 1. The zero-order valence-corrected chi connectivity index (χ0v) is 10.2. The maximum Gasteiger partial charge on any atom is 0.250 e. The Morgan fingerprint density at radius 2 is 2.39 bits per heavy atom. The van der Waals surface area contributed by atoms with Gasteiger partial charge in [0.15, 0.2) is 0 Å². The topological polar surface area (TPSA) is 78.7 Å². The molecule has 6 nitrogen and oxygen atoms in total. The number of rotatable bonds is 1. The predicted octanol–water partition coefficient (Wildman–Crippen LogP) is 0.873. The Labute approximate surface area is 104 Å². The van der Waals surface area contributed by atoms with Crippen LogP contribution in [0.15, 0.2) is 18.6 Å². The van der Waals surface area contributed by atoms with Gasteiger partial charge in [-0.05, 0) is 13.3 Å². The summed E-state index contributed by atoms with van der Waals surface area (Å²) in [5.74, 6) is 0.916. The van der Waals surface area contributed by atoms with Crippen LogP contribution in [0.1, 0.15) is 22.7 Å². The second kappa shape index (κ2) is 3.97. The molecular weight excluding hydrogens is 230 g/mol. The lowest BCUT2D eigenvalue weighted by Crippen LogP contribution is -2.30. The standard InChI is InChI=1S/C12H15N5O/c1-8-10(13)7-17(15-8)12(18)9-2-4-16-5-3-14-11(16)6-9/h3,5,7,9H,2,4,6,13H2,1H3. The first kappa shape index (κ1) is 11.0. The minimum Gasteiger partial charge on any atom is -0.396 e. The number of aromatic nitrogens is 4. The van der Waals surface area contributed by atoms with Crippen molar-refractivity contribution in [3.05, 3.63) is 30.1 Å². The fourth-order valence-electron chi connectivity index (χ4n) is 2.34. The van der Waals surface area contributed by atoms with Crippen molar-refractivity contribution in [1.82, 2.24) is 19.3 Å². The summed E-state index contributed by atoms with van der Waals surface area (Å²) in [6.07, 6.45) is 6.81. The monoisotopic (exact) mass is 245 g/mol. The van der Waals surface area contributed by atoms with Crippen LogP contribution >= 0.6 is 0 Å². The van der Waals surface area contributed by atoms with E-state index in [2.05, 4.69) is 14.6 Å². The van der Waals surface area contributed by atoms with E-state index in [1.54, 1.807) is 19.3 Å². The lowest BCUT2D eigenvalue weighted by Gasteiger charge is -2.21. The van der Waals surface area contributed by atoms with E-state index in [0.29, 0.717) is 17.8 Å². The summed E-state index contributed by atoms with van der Waals surface area (Å²) in [5.41, 5.74) is 6.97. The molecule has 2 aromatic rings. The summed E-state index contributed by atoms with van der Waals surface area (Å²) in [4.78, 5) is 16.6. The van der Waals surface area contributed by atoms with Crippen LogP contribution in [0.5, 0.6) is 0 Å². The number of anilines is 1. The highest BCUT2D eigenvalue weighted by Gasteiger charge is 2.27. The number of fused-ring (bicyclic) bond motifs is 1. The van der Waals surface area contributed by atoms with Crippen molar-refractivity contribution >= 4 is 11.6 Å². The number of nitrogens with two attached hydrogens (primary N) is 1. The summed E-state index contributed by atoms with van der Waals surface area (Å²) in [6.45, 7) is 2.63. The van der Waals surface area contributed by atoms with Crippen LogP contribution in [0.4, 0.5) is 5.69 Å². The Morgan fingerprint density at radius 3 is 3.11 bits per heavy atom. The molecule has 6 heteroatoms. The third kappa shape index (κ3) is 1.70. The van der Waals surface area contributed by atoms with Gasteiger partial charge >= 0.3 is 0 Å².